The van der Waals surface area contributed by atoms with Crippen molar-refractivity contribution in [1.29, 1.82) is 0 Å². The van der Waals surface area contributed by atoms with Crippen LogP contribution in [0.5, 0.6) is 0 Å². The molecule has 2 N–H and O–H groups in total. The standard InChI is InChI=1S/C10H17N3O2S.ClH/c1-3-15-10(14)12-5-4-11-6-9-7-13-8(2)16-9;/h7,11H,3-6H2,1-2H3,(H,12,14);1H. The summed E-state index contributed by atoms with van der Waals surface area (Å²) in [6.45, 7) is 6.24. The first-order chi connectivity index (χ1) is 7.72. The van der Waals surface area contributed by atoms with Crippen molar-refractivity contribution in [2.45, 2.75) is 20.4 Å². The van der Waals surface area contributed by atoms with Gasteiger partial charge in [0.25, 0.3) is 0 Å². The van der Waals surface area contributed by atoms with E-state index in [4.69, 9.17) is 4.74 Å². The molecule has 0 saturated heterocycles. The Hall–Kier alpha value is -0.850. The molecule has 0 fully saturated rings. The first-order valence-corrected chi connectivity index (χ1v) is 6.06. The SMILES string of the molecule is CCOC(=O)NCCNCc1cnc(C)s1.Cl. The topological polar surface area (TPSA) is 63.2 Å². The van der Waals surface area contributed by atoms with Crippen LogP contribution in [0.1, 0.15) is 16.8 Å². The van der Waals surface area contributed by atoms with Gasteiger partial charge in [-0.2, -0.15) is 0 Å². The van der Waals surface area contributed by atoms with Gasteiger partial charge in [-0.05, 0) is 13.8 Å². The van der Waals surface area contributed by atoms with Gasteiger partial charge in [-0.15, -0.1) is 23.7 Å². The number of hydrogen-bond donors (Lipinski definition) is 2. The molecule has 0 unspecified atom stereocenters. The number of nitrogens with one attached hydrogen (secondary N) is 2. The summed E-state index contributed by atoms with van der Waals surface area (Å²) in [5.74, 6) is 0. The highest BCUT2D eigenvalue weighted by atomic mass is 35.5. The van der Waals surface area contributed by atoms with E-state index in [1.807, 2.05) is 13.1 Å². The zero-order chi connectivity index (χ0) is 11.8. The summed E-state index contributed by atoms with van der Waals surface area (Å²) < 4.78 is 4.72. The first kappa shape index (κ1) is 16.1. The van der Waals surface area contributed by atoms with Crippen LogP contribution in [0.15, 0.2) is 6.20 Å². The molecule has 0 aliphatic heterocycles. The van der Waals surface area contributed by atoms with Gasteiger partial charge < -0.3 is 15.4 Å². The Morgan fingerprint density at radius 2 is 2.29 bits per heavy atom. The molecule has 0 bridgehead atoms. The van der Waals surface area contributed by atoms with Gasteiger partial charge in [-0.1, -0.05) is 0 Å². The molecule has 1 aromatic heterocycles. The van der Waals surface area contributed by atoms with Crippen LogP contribution in [0, 0.1) is 6.92 Å². The highest BCUT2D eigenvalue weighted by Crippen LogP contribution is 2.10. The number of amides is 1. The fraction of sp³-hybridized carbons (Fsp3) is 0.600. The third-order valence-corrected chi connectivity index (χ3v) is 2.73. The average molecular weight is 280 g/mol. The van der Waals surface area contributed by atoms with Crippen molar-refractivity contribution >= 4 is 29.8 Å². The summed E-state index contributed by atoms with van der Waals surface area (Å²) >= 11 is 1.67. The Kier molecular flexibility index (Phi) is 8.75. The lowest BCUT2D eigenvalue weighted by Crippen LogP contribution is -2.31. The van der Waals surface area contributed by atoms with Gasteiger partial charge in [0.2, 0.25) is 0 Å². The molecule has 0 atom stereocenters. The highest BCUT2D eigenvalue weighted by Gasteiger charge is 1.99. The smallest absolute Gasteiger partial charge is 0.407 e. The normalized spacial score (nSPS) is 9.53. The van der Waals surface area contributed by atoms with Gasteiger partial charge in [-0.25, -0.2) is 9.78 Å². The summed E-state index contributed by atoms with van der Waals surface area (Å²) in [6, 6.07) is 0. The second kappa shape index (κ2) is 9.21. The number of rotatable bonds is 6. The number of nitrogens with zero attached hydrogens (tertiary/aromatic N) is 1. The van der Waals surface area contributed by atoms with E-state index in [0.29, 0.717) is 13.2 Å². The summed E-state index contributed by atoms with van der Waals surface area (Å²) in [5.41, 5.74) is 0. The third kappa shape index (κ3) is 7.14. The molecule has 1 amide bonds. The van der Waals surface area contributed by atoms with Gasteiger partial charge in [0.05, 0.1) is 11.6 Å². The largest absolute Gasteiger partial charge is 0.450 e. The third-order valence-electron chi connectivity index (χ3n) is 1.81. The van der Waals surface area contributed by atoms with E-state index >= 15 is 0 Å². The van der Waals surface area contributed by atoms with Gasteiger partial charge >= 0.3 is 6.09 Å². The van der Waals surface area contributed by atoms with E-state index in [9.17, 15) is 4.79 Å². The summed E-state index contributed by atoms with van der Waals surface area (Å²) in [6.07, 6.45) is 1.50. The molecule has 0 spiro atoms. The van der Waals surface area contributed by atoms with Crippen LogP contribution in [0.2, 0.25) is 0 Å². The maximum atomic E-state index is 10.9. The van der Waals surface area contributed by atoms with E-state index < -0.39 is 0 Å². The zero-order valence-electron chi connectivity index (χ0n) is 9.99. The van der Waals surface area contributed by atoms with Crippen molar-refractivity contribution in [1.82, 2.24) is 15.6 Å². The molecular formula is C10H18ClN3O2S. The molecule has 0 saturated carbocycles. The number of carbonyl (C=O) groups is 1. The van der Waals surface area contributed by atoms with E-state index in [0.717, 1.165) is 18.1 Å². The average Bonchev–Trinajstić information content (AvgIpc) is 2.64. The summed E-state index contributed by atoms with van der Waals surface area (Å²) in [7, 11) is 0. The lowest BCUT2D eigenvalue weighted by Gasteiger charge is -2.05. The maximum Gasteiger partial charge on any atom is 0.407 e. The van der Waals surface area contributed by atoms with E-state index in [1.54, 1.807) is 18.3 Å². The Bertz CT molecular complexity index is 333. The molecule has 0 aliphatic rings. The molecule has 1 heterocycles. The Morgan fingerprint density at radius 3 is 2.88 bits per heavy atom. The van der Waals surface area contributed by atoms with Crippen LogP contribution < -0.4 is 10.6 Å². The van der Waals surface area contributed by atoms with Crippen LogP contribution in [0.4, 0.5) is 4.79 Å². The van der Waals surface area contributed by atoms with Gasteiger partial charge in [0.1, 0.15) is 0 Å². The zero-order valence-corrected chi connectivity index (χ0v) is 11.6. The lowest BCUT2D eigenvalue weighted by atomic mass is 10.5. The minimum atomic E-state index is -0.363. The van der Waals surface area contributed by atoms with Crippen molar-refractivity contribution in [3.63, 3.8) is 0 Å². The molecule has 1 aromatic rings. The van der Waals surface area contributed by atoms with E-state index in [1.165, 1.54) is 4.88 Å². The second-order valence-corrected chi connectivity index (χ2v) is 4.49. The molecule has 0 radical (unpaired) electrons. The number of alkyl carbamates (subject to hydrolysis) is 1. The predicted octanol–water partition coefficient (Wildman–Crippen LogP) is 1.71. The summed E-state index contributed by atoms with van der Waals surface area (Å²) in [5, 5.41) is 6.92. The molecule has 1 rings (SSSR count). The number of hydrogen-bond acceptors (Lipinski definition) is 5. The first-order valence-electron chi connectivity index (χ1n) is 5.25. The Balaban J connectivity index is 0.00000256. The molecular weight excluding hydrogens is 262 g/mol. The number of carbonyl (C=O) groups excluding carboxylic acids is 1. The number of aromatic nitrogens is 1. The molecule has 7 heteroatoms. The number of halogens is 1. The van der Waals surface area contributed by atoms with Crippen molar-refractivity contribution < 1.29 is 9.53 Å². The minimum absolute atomic E-state index is 0. The van der Waals surface area contributed by atoms with Crippen LogP contribution in [0.25, 0.3) is 0 Å². The van der Waals surface area contributed by atoms with Crippen molar-refractivity contribution in [2.24, 2.45) is 0 Å². The fourth-order valence-electron chi connectivity index (χ4n) is 1.13. The molecule has 98 valence electrons. The van der Waals surface area contributed by atoms with Gasteiger partial charge in [0.15, 0.2) is 0 Å². The van der Waals surface area contributed by atoms with Crippen molar-refractivity contribution in [2.75, 3.05) is 19.7 Å². The van der Waals surface area contributed by atoms with E-state index in [-0.39, 0.29) is 18.5 Å². The highest BCUT2D eigenvalue weighted by molar-refractivity contribution is 7.11. The van der Waals surface area contributed by atoms with Crippen molar-refractivity contribution in [3.8, 4) is 0 Å². The number of thiazole rings is 1. The van der Waals surface area contributed by atoms with Crippen LogP contribution in [-0.4, -0.2) is 30.8 Å². The monoisotopic (exact) mass is 279 g/mol. The molecule has 17 heavy (non-hydrogen) atoms. The van der Waals surface area contributed by atoms with Crippen molar-refractivity contribution in [3.05, 3.63) is 16.1 Å². The lowest BCUT2D eigenvalue weighted by molar-refractivity contribution is 0.152. The van der Waals surface area contributed by atoms with Crippen LogP contribution in [0.3, 0.4) is 0 Å². The van der Waals surface area contributed by atoms with Crippen LogP contribution in [-0.2, 0) is 11.3 Å². The number of aryl methyl sites for hydroxylation is 1. The van der Waals surface area contributed by atoms with E-state index in [2.05, 4.69) is 15.6 Å². The summed E-state index contributed by atoms with van der Waals surface area (Å²) in [4.78, 5) is 16.3. The quantitative estimate of drug-likeness (QED) is 0.778. The Labute approximate surface area is 111 Å². The maximum absolute atomic E-state index is 10.9. The minimum Gasteiger partial charge on any atom is -0.450 e. The van der Waals surface area contributed by atoms with Crippen LogP contribution >= 0.6 is 23.7 Å². The number of ether oxygens (including phenoxy) is 1. The molecule has 0 aromatic carbocycles. The second-order valence-electron chi connectivity index (χ2n) is 3.17. The fourth-order valence-corrected chi connectivity index (χ4v) is 1.90. The molecule has 0 aliphatic carbocycles. The Morgan fingerprint density at radius 1 is 1.53 bits per heavy atom. The van der Waals surface area contributed by atoms with Gasteiger partial charge in [-0.3, -0.25) is 0 Å². The predicted molar refractivity (Wildman–Crippen MR) is 70.8 cm³/mol. The van der Waals surface area contributed by atoms with Gasteiger partial charge in [0, 0.05) is 30.7 Å². The molecule has 5 nitrogen and oxygen atoms in total.